The molecule has 3 nitrogen and oxygen atoms in total. The summed E-state index contributed by atoms with van der Waals surface area (Å²) in [5.41, 5.74) is 1.77. The first-order valence-corrected chi connectivity index (χ1v) is 7.89. The number of hydrogen-bond donors (Lipinski definition) is 1. The maximum absolute atomic E-state index is 12.0. The van der Waals surface area contributed by atoms with Crippen molar-refractivity contribution < 1.29 is 4.79 Å². The zero-order valence-corrected chi connectivity index (χ0v) is 13.4. The summed E-state index contributed by atoms with van der Waals surface area (Å²) in [6.45, 7) is 0.757. The second-order valence-electron chi connectivity index (χ2n) is 4.80. The molecule has 1 aromatic rings. The van der Waals surface area contributed by atoms with Gasteiger partial charge in [-0.05, 0) is 31.0 Å². The van der Waals surface area contributed by atoms with Crippen LogP contribution in [0.3, 0.4) is 0 Å². The fraction of sp³-hybridized carbons (Fsp3) is 0.533. The molecule has 0 heterocycles. The molecule has 1 amide bonds. The number of carbonyl (C=O) groups excluding carboxylic acids is 1. The van der Waals surface area contributed by atoms with Gasteiger partial charge in [0.15, 0.2) is 0 Å². The van der Waals surface area contributed by atoms with Crippen molar-refractivity contribution in [2.24, 2.45) is 0 Å². The third-order valence-electron chi connectivity index (χ3n) is 2.97. The highest BCUT2D eigenvalue weighted by atomic mass is 79.9. The number of rotatable bonds is 8. The summed E-state index contributed by atoms with van der Waals surface area (Å²) in [5.74, 6) is 0.0178. The average Bonchev–Trinajstić information content (AvgIpc) is 2.42. The van der Waals surface area contributed by atoms with Crippen molar-refractivity contribution in [1.29, 1.82) is 0 Å². The largest absolute Gasteiger partial charge is 0.378 e. The lowest BCUT2D eigenvalue weighted by Gasteiger charge is -2.13. The molecule has 0 saturated carbocycles. The molecule has 0 aromatic heterocycles. The van der Waals surface area contributed by atoms with Crippen LogP contribution in [0, 0.1) is 0 Å². The smallest absolute Gasteiger partial charge is 0.251 e. The molecule has 1 N–H and O–H groups in total. The molecule has 1 rings (SSSR count). The minimum Gasteiger partial charge on any atom is -0.378 e. The number of hydrogen-bond acceptors (Lipinski definition) is 2. The van der Waals surface area contributed by atoms with Crippen molar-refractivity contribution in [3.8, 4) is 0 Å². The lowest BCUT2D eigenvalue weighted by Crippen LogP contribution is -2.24. The highest BCUT2D eigenvalue weighted by Gasteiger charge is 2.06. The molecule has 0 fully saturated rings. The van der Waals surface area contributed by atoms with Gasteiger partial charge in [-0.2, -0.15) is 0 Å². The monoisotopic (exact) mass is 326 g/mol. The molecule has 1 aromatic carbocycles. The van der Waals surface area contributed by atoms with Gasteiger partial charge < -0.3 is 10.2 Å². The lowest BCUT2D eigenvalue weighted by atomic mass is 10.1. The predicted molar refractivity (Wildman–Crippen MR) is 85.4 cm³/mol. The molecule has 0 unspecified atom stereocenters. The molecule has 106 valence electrons. The zero-order chi connectivity index (χ0) is 14.1. The van der Waals surface area contributed by atoms with Crippen molar-refractivity contribution in [2.75, 3.05) is 30.9 Å². The van der Waals surface area contributed by atoms with E-state index >= 15 is 0 Å². The minimum atomic E-state index is 0.0178. The fourth-order valence-electron chi connectivity index (χ4n) is 1.80. The van der Waals surface area contributed by atoms with E-state index in [-0.39, 0.29) is 5.91 Å². The van der Waals surface area contributed by atoms with E-state index in [0.717, 1.165) is 29.5 Å². The van der Waals surface area contributed by atoms with Gasteiger partial charge in [0.25, 0.3) is 5.91 Å². The van der Waals surface area contributed by atoms with Crippen molar-refractivity contribution in [1.82, 2.24) is 5.32 Å². The summed E-state index contributed by atoms with van der Waals surface area (Å²) >= 11 is 3.42. The van der Waals surface area contributed by atoms with Gasteiger partial charge in [-0.15, -0.1) is 0 Å². The molecule has 0 radical (unpaired) electrons. The highest BCUT2D eigenvalue weighted by Crippen LogP contribution is 2.13. The summed E-state index contributed by atoms with van der Waals surface area (Å²) in [5, 5.41) is 4.04. The third-order valence-corrected chi connectivity index (χ3v) is 3.53. The van der Waals surface area contributed by atoms with Crippen molar-refractivity contribution in [2.45, 2.75) is 25.7 Å². The maximum Gasteiger partial charge on any atom is 0.251 e. The quantitative estimate of drug-likeness (QED) is 0.586. The standard InChI is InChI=1S/C15H23BrN2O/c1-18(2)14-9-7-8-13(12-14)15(19)17-11-6-4-3-5-10-16/h7-9,12H,3-6,10-11H2,1-2H3,(H,17,19). The molecule has 0 spiro atoms. The van der Waals surface area contributed by atoms with E-state index in [1.54, 1.807) is 0 Å². The Balaban J connectivity index is 2.35. The van der Waals surface area contributed by atoms with Gasteiger partial charge in [-0.1, -0.05) is 34.8 Å². The minimum absolute atomic E-state index is 0.0178. The summed E-state index contributed by atoms with van der Waals surface area (Å²) in [6.07, 6.45) is 4.64. The zero-order valence-electron chi connectivity index (χ0n) is 11.8. The number of carbonyl (C=O) groups is 1. The van der Waals surface area contributed by atoms with Gasteiger partial charge in [0.05, 0.1) is 0 Å². The number of unbranched alkanes of at least 4 members (excludes halogenated alkanes) is 3. The molecule has 0 aliphatic carbocycles. The molecule has 0 aliphatic rings. The Bertz CT molecular complexity index is 393. The Kier molecular flexibility index (Phi) is 7.56. The molecule has 4 heteroatoms. The Morgan fingerprint density at radius 3 is 2.63 bits per heavy atom. The van der Waals surface area contributed by atoms with Crippen LogP contribution in [0.4, 0.5) is 5.69 Å². The van der Waals surface area contributed by atoms with E-state index in [0.29, 0.717) is 0 Å². The molecule has 0 saturated heterocycles. The number of nitrogens with zero attached hydrogens (tertiary/aromatic N) is 1. The Labute approximate surface area is 124 Å². The van der Waals surface area contributed by atoms with Gasteiger partial charge >= 0.3 is 0 Å². The van der Waals surface area contributed by atoms with E-state index in [2.05, 4.69) is 21.2 Å². The van der Waals surface area contributed by atoms with E-state index < -0.39 is 0 Å². The van der Waals surface area contributed by atoms with Crippen LogP contribution in [0.1, 0.15) is 36.0 Å². The summed E-state index contributed by atoms with van der Waals surface area (Å²) in [6, 6.07) is 7.69. The first-order chi connectivity index (χ1) is 9.15. The van der Waals surface area contributed by atoms with Crippen LogP contribution in [-0.4, -0.2) is 31.9 Å². The summed E-state index contributed by atoms with van der Waals surface area (Å²) in [4.78, 5) is 14.0. The van der Waals surface area contributed by atoms with Gasteiger partial charge in [0.2, 0.25) is 0 Å². The van der Waals surface area contributed by atoms with Crippen LogP contribution >= 0.6 is 15.9 Å². The second-order valence-corrected chi connectivity index (χ2v) is 5.60. The number of anilines is 1. The fourth-order valence-corrected chi connectivity index (χ4v) is 2.20. The van der Waals surface area contributed by atoms with Gasteiger partial charge in [-0.3, -0.25) is 4.79 Å². The van der Waals surface area contributed by atoms with Crippen LogP contribution in [-0.2, 0) is 0 Å². The summed E-state index contributed by atoms with van der Waals surface area (Å²) < 4.78 is 0. The first-order valence-electron chi connectivity index (χ1n) is 6.76. The van der Waals surface area contributed by atoms with Crippen LogP contribution in [0.25, 0.3) is 0 Å². The average molecular weight is 327 g/mol. The number of amides is 1. The molecular formula is C15H23BrN2O. The Morgan fingerprint density at radius 1 is 1.21 bits per heavy atom. The van der Waals surface area contributed by atoms with Crippen LogP contribution in [0.5, 0.6) is 0 Å². The number of nitrogens with one attached hydrogen (secondary N) is 1. The SMILES string of the molecule is CN(C)c1cccc(C(=O)NCCCCCCBr)c1. The molecular weight excluding hydrogens is 304 g/mol. The Morgan fingerprint density at radius 2 is 1.95 bits per heavy atom. The Hall–Kier alpha value is -1.03. The van der Waals surface area contributed by atoms with Crippen LogP contribution in [0.2, 0.25) is 0 Å². The highest BCUT2D eigenvalue weighted by molar-refractivity contribution is 9.09. The van der Waals surface area contributed by atoms with Crippen LogP contribution in [0.15, 0.2) is 24.3 Å². The van der Waals surface area contributed by atoms with Gasteiger partial charge in [0.1, 0.15) is 0 Å². The third kappa shape index (κ3) is 6.10. The molecule has 0 atom stereocenters. The van der Waals surface area contributed by atoms with E-state index in [9.17, 15) is 4.79 Å². The van der Waals surface area contributed by atoms with Gasteiger partial charge in [-0.25, -0.2) is 0 Å². The van der Waals surface area contributed by atoms with Crippen molar-refractivity contribution in [3.05, 3.63) is 29.8 Å². The van der Waals surface area contributed by atoms with Crippen LogP contribution < -0.4 is 10.2 Å². The second kappa shape index (κ2) is 8.97. The molecule has 0 bridgehead atoms. The van der Waals surface area contributed by atoms with Gasteiger partial charge in [0, 0.05) is 37.2 Å². The number of alkyl halides is 1. The van der Waals surface area contributed by atoms with E-state index in [4.69, 9.17) is 0 Å². The normalized spacial score (nSPS) is 10.3. The van der Waals surface area contributed by atoms with Crippen molar-refractivity contribution >= 4 is 27.5 Å². The lowest BCUT2D eigenvalue weighted by molar-refractivity contribution is 0.0953. The molecule has 19 heavy (non-hydrogen) atoms. The number of halogens is 1. The van der Waals surface area contributed by atoms with Crippen molar-refractivity contribution in [3.63, 3.8) is 0 Å². The first kappa shape index (κ1) is 16.0. The number of benzene rings is 1. The van der Waals surface area contributed by atoms with E-state index in [1.165, 1.54) is 19.3 Å². The maximum atomic E-state index is 12.0. The topological polar surface area (TPSA) is 32.3 Å². The van der Waals surface area contributed by atoms with E-state index in [1.807, 2.05) is 43.3 Å². The summed E-state index contributed by atoms with van der Waals surface area (Å²) in [7, 11) is 3.95. The molecule has 0 aliphatic heterocycles. The predicted octanol–water partition coefficient (Wildman–Crippen LogP) is 3.44.